The lowest BCUT2D eigenvalue weighted by molar-refractivity contribution is -0.119. The predicted molar refractivity (Wildman–Crippen MR) is 113 cm³/mol. The second kappa shape index (κ2) is 7.72. The van der Waals surface area contributed by atoms with Gasteiger partial charge >= 0.3 is 6.03 Å². The summed E-state index contributed by atoms with van der Waals surface area (Å²) >= 11 is 0. The zero-order valence-electron chi connectivity index (χ0n) is 15.8. The molecule has 1 fully saturated rings. The molecule has 0 aliphatic carbocycles. The lowest BCUT2D eigenvalue weighted by Crippen LogP contribution is -2.45. The third kappa shape index (κ3) is 3.69. The monoisotopic (exact) mass is 373 g/mol. The molecule has 5 heteroatoms. The summed E-state index contributed by atoms with van der Waals surface area (Å²) in [6.07, 6.45) is 1.48. The predicted octanol–water partition coefficient (Wildman–Crippen LogP) is 4.78. The van der Waals surface area contributed by atoms with Crippen molar-refractivity contribution < 1.29 is 9.59 Å². The van der Waals surface area contributed by atoms with Gasteiger partial charge in [0.2, 0.25) is 5.91 Å². The smallest absolute Gasteiger partial charge is 0.322 e. The molecule has 3 aromatic carbocycles. The number of fused-ring (bicyclic) bond motifs is 1. The lowest BCUT2D eigenvalue weighted by Gasteiger charge is -2.24. The summed E-state index contributed by atoms with van der Waals surface area (Å²) in [7, 11) is 0. The fraction of sp³-hybridized carbons (Fsp3) is 0.217. The summed E-state index contributed by atoms with van der Waals surface area (Å²) in [4.78, 5) is 27.3. The molecule has 0 bridgehead atoms. The van der Waals surface area contributed by atoms with E-state index in [1.165, 1.54) is 0 Å². The highest BCUT2D eigenvalue weighted by atomic mass is 16.2. The van der Waals surface area contributed by atoms with Crippen LogP contribution in [0.25, 0.3) is 10.8 Å². The number of urea groups is 1. The Hall–Kier alpha value is -3.34. The van der Waals surface area contributed by atoms with Crippen molar-refractivity contribution in [3.8, 4) is 0 Å². The second-order valence-corrected chi connectivity index (χ2v) is 7.16. The minimum absolute atomic E-state index is 0.145. The SMILES string of the molecule is Cc1ccc(NC(=O)N2CCC[C@H]2C(=O)Nc2cccc3ccccc23)cc1. The number of hydrogen-bond acceptors (Lipinski definition) is 2. The number of carbonyl (C=O) groups excluding carboxylic acids is 2. The van der Waals surface area contributed by atoms with Gasteiger partial charge in [0.1, 0.15) is 6.04 Å². The molecule has 0 saturated carbocycles. The molecule has 5 nitrogen and oxygen atoms in total. The van der Waals surface area contributed by atoms with Crippen LogP contribution in [0.5, 0.6) is 0 Å². The molecule has 0 aromatic heterocycles. The van der Waals surface area contributed by atoms with Gasteiger partial charge in [-0.15, -0.1) is 0 Å². The summed E-state index contributed by atoms with van der Waals surface area (Å²) in [6, 6.07) is 20.7. The van der Waals surface area contributed by atoms with Gasteiger partial charge in [-0.1, -0.05) is 54.1 Å². The van der Waals surface area contributed by atoms with Gasteiger partial charge in [-0.25, -0.2) is 4.79 Å². The van der Waals surface area contributed by atoms with E-state index < -0.39 is 6.04 Å². The second-order valence-electron chi connectivity index (χ2n) is 7.16. The third-order valence-electron chi connectivity index (χ3n) is 5.17. The Labute approximate surface area is 164 Å². The average Bonchev–Trinajstić information content (AvgIpc) is 3.20. The highest BCUT2D eigenvalue weighted by Crippen LogP contribution is 2.25. The molecule has 2 N–H and O–H groups in total. The first kappa shape index (κ1) is 18.0. The Morgan fingerprint density at radius 2 is 1.68 bits per heavy atom. The fourth-order valence-corrected chi connectivity index (χ4v) is 3.66. The van der Waals surface area contributed by atoms with Gasteiger partial charge in [0.15, 0.2) is 0 Å². The lowest BCUT2D eigenvalue weighted by atomic mass is 10.1. The molecule has 1 atom stereocenters. The van der Waals surface area contributed by atoms with E-state index in [1.54, 1.807) is 4.90 Å². The van der Waals surface area contributed by atoms with Crippen LogP contribution >= 0.6 is 0 Å². The van der Waals surface area contributed by atoms with Gasteiger partial charge in [-0.2, -0.15) is 0 Å². The van der Waals surface area contributed by atoms with Crippen LogP contribution in [0.1, 0.15) is 18.4 Å². The summed E-state index contributed by atoms with van der Waals surface area (Å²) in [6.45, 7) is 2.57. The number of nitrogens with one attached hydrogen (secondary N) is 2. The fourth-order valence-electron chi connectivity index (χ4n) is 3.66. The zero-order chi connectivity index (χ0) is 19.5. The summed E-state index contributed by atoms with van der Waals surface area (Å²) in [5.74, 6) is -0.145. The number of likely N-dealkylation sites (tertiary alicyclic amines) is 1. The molecule has 4 rings (SSSR count). The molecule has 0 radical (unpaired) electrons. The van der Waals surface area contributed by atoms with Crippen molar-refractivity contribution in [3.63, 3.8) is 0 Å². The Morgan fingerprint density at radius 1 is 0.929 bits per heavy atom. The molecule has 1 saturated heterocycles. The van der Waals surface area contributed by atoms with E-state index in [1.807, 2.05) is 73.7 Å². The van der Waals surface area contributed by atoms with E-state index in [4.69, 9.17) is 0 Å². The first-order valence-electron chi connectivity index (χ1n) is 9.55. The van der Waals surface area contributed by atoms with Gasteiger partial charge in [0.05, 0.1) is 0 Å². The summed E-state index contributed by atoms with van der Waals surface area (Å²) < 4.78 is 0. The molecule has 1 aliphatic rings. The minimum atomic E-state index is -0.468. The van der Waals surface area contributed by atoms with Crippen molar-refractivity contribution in [3.05, 3.63) is 72.3 Å². The molecule has 3 amide bonds. The van der Waals surface area contributed by atoms with Crippen molar-refractivity contribution >= 4 is 34.1 Å². The highest BCUT2D eigenvalue weighted by Gasteiger charge is 2.34. The topological polar surface area (TPSA) is 61.4 Å². The van der Waals surface area contributed by atoms with Crippen molar-refractivity contribution in [2.75, 3.05) is 17.2 Å². The van der Waals surface area contributed by atoms with Crippen LogP contribution < -0.4 is 10.6 Å². The average molecular weight is 373 g/mol. The molecule has 0 unspecified atom stereocenters. The third-order valence-corrected chi connectivity index (χ3v) is 5.17. The van der Waals surface area contributed by atoms with Gasteiger partial charge in [-0.05, 0) is 43.4 Å². The van der Waals surface area contributed by atoms with Crippen LogP contribution in [0.15, 0.2) is 66.7 Å². The number of amides is 3. The first-order chi connectivity index (χ1) is 13.6. The standard InChI is InChI=1S/C23H23N3O2/c1-16-11-13-18(14-12-16)24-23(28)26-15-5-10-21(26)22(27)25-20-9-4-7-17-6-2-3-8-19(17)20/h2-4,6-9,11-14,21H,5,10,15H2,1H3,(H,24,28)(H,25,27)/t21-/m0/s1. The number of hydrogen-bond donors (Lipinski definition) is 2. The molecular weight excluding hydrogens is 350 g/mol. The van der Waals surface area contributed by atoms with E-state index in [-0.39, 0.29) is 11.9 Å². The first-order valence-corrected chi connectivity index (χ1v) is 9.55. The number of nitrogens with zero attached hydrogens (tertiary/aromatic N) is 1. The Morgan fingerprint density at radius 3 is 2.50 bits per heavy atom. The van der Waals surface area contributed by atoms with Crippen LogP contribution in [0.3, 0.4) is 0 Å². The maximum Gasteiger partial charge on any atom is 0.322 e. The van der Waals surface area contributed by atoms with Crippen LogP contribution in [-0.4, -0.2) is 29.4 Å². The van der Waals surface area contributed by atoms with Crippen LogP contribution in [0.2, 0.25) is 0 Å². The van der Waals surface area contributed by atoms with E-state index in [0.29, 0.717) is 13.0 Å². The van der Waals surface area contributed by atoms with Gasteiger partial charge < -0.3 is 15.5 Å². The molecule has 0 spiro atoms. The van der Waals surface area contributed by atoms with Crippen LogP contribution in [0, 0.1) is 6.92 Å². The van der Waals surface area contributed by atoms with Gasteiger partial charge in [0.25, 0.3) is 0 Å². The minimum Gasteiger partial charge on any atom is -0.324 e. The quantitative estimate of drug-likeness (QED) is 0.694. The Balaban J connectivity index is 1.48. The summed E-state index contributed by atoms with van der Waals surface area (Å²) in [5, 5.41) is 7.98. The molecule has 1 aliphatic heterocycles. The number of rotatable bonds is 3. The maximum atomic E-state index is 12.9. The largest absolute Gasteiger partial charge is 0.324 e. The van der Waals surface area contributed by atoms with Crippen molar-refractivity contribution in [2.24, 2.45) is 0 Å². The van der Waals surface area contributed by atoms with Crippen molar-refractivity contribution in [1.29, 1.82) is 0 Å². The van der Waals surface area contributed by atoms with Crippen molar-refractivity contribution in [1.82, 2.24) is 4.90 Å². The van der Waals surface area contributed by atoms with Gasteiger partial charge in [-0.3, -0.25) is 4.79 Å². The van der Waals surface area contributed by atoms with E-state index in [9.17, 15) is 9.59 Å². The van der Waals surface area contributed by atoms with E-state index in [0.717, 1.165) is 34.1 Å². The van der Waals surface area contributed by atoms with Crippen LogP contribution in [0.4, 0.5) is 16.2 Å². The number of aryl methyl sites for hydroxylation is 1. The summed E-state index contributed by atoms with van der Waals surface area (Å²) in [5.41, 5.74) is 2.64. The Bertz CT molecular complexity index is 1010. The maximum absolute atomic E-state index is 12.9. The highest BCUT2D eigenvalue weighted by molar-refractivity contribution is 6.05. The van der Waals surface area contributed by atoms with E-state index in [2.05, 4.69) is 10.6 Å². The zero-order valence-corrected chi connectivity index (χ0v) is 15.8. The molecular formula is C23H23N3O2. The van der Waals surface area contributed by atoms with Gasteiger partial charge in [0, 0.05) is 23.3 Å². The molecule has 142 valence electrons. The number of benzene rings is 3. The number of anilines is 2. The van der Waals surface area contributed by atoms with Crippen LogP contribution in [-0.2, 0) is 4.79 Å². The molecule has 1 heterocycles. The molecule has 3 aromatic rings. The normalized spacial score (nSPS) is 16.2. The van der Waals surface area contributed by atoms with Crippen molar-refractivity contribution in [2.45, 2.75) is 25.8 Å². The number of carbonyl (C=O) groups is 2. The molecule has 28 heavy (non-hydrogen) atoms. The van der Waals surface area contributed by atoms with E-state index >= 15 is 0 Å². The Kier molecular flexibility index (Phi) is 4.98.